The van der Waals surface area contributed by atoms with E-state index in [1.54, 1.807) is 6.07 Å². The molecule has 20 heavy (non-hydrogen) atoms. The standard InChI is InChI=1S/C13H10BrFN2O3/c1-8-4-11(17(19)20)7-16(13(8)18)6-9-2-3-10(14)5-12(9)15/h2-5,7H,6H2,1H3. The Bertz CT molecular complexity index is 743. The van der Waals surface area contributed by atoms with Crippen molar-refractivity contribution in [3.63, 3.8) is 0 Å². The normalized spacial score (nSPS) is 10.6. The first-order valence-electron chi connectivity index (χ1n) is 5.68. The van der Waals surface area contributed by atoms with Crippen LogP contribution in [0.5, 0.6) is 0 Å². The predicted octanol–water partition coefficient (Wildman–Crippen LogP) is 3.01. The molecule has 0 N–H and O–H groups in total. The molecule has 0 aliphatic heterocycles. The molecular formula is C13H10BrFN2O3. The van der Waals surface area contributed by atoms with Gasteiger partial charge in [-0.15, -0.1) is 0 Å². The fraction of sp³-hybridized carbons (Fsp3) is 0.154. The van der Waals surface area contributed by atoms with E-state index in [0.29, 0.717) is 4.47 Å². The second-order valence-electron chi connectivity index (χ2n) is 4.31. The number of pyridine rings is 1. The van der Waals surface area contributed by atoms with Gasteiger partial charge in [0, 0.05) is 21.7 Å². The number of benzene rings is 1. The Labute approximate surface area is 121 Å². The van der Waals surface area contributed by atoms with Crippen LogP contribution in [0.4, 0.5) is 10.1 Å². The summed E-state index contributed by atoms with van der Waals surface area (Å²) in [6, 6.07) is 5.66. The zero-order chi connectivity index (χ0) is 14.9. The molecule has 1 heterocycles. The Morgan fingerprint density at radius 2 is 2.10 bits per heavy atom. The molecule has 5 nitrogen and oxygen atoms in total. The van der Waals surface area contributed by atoms with Gasteiger partial charge < -0.3 is 4.57 Å². The van der Waals surface area contributed by atoms with Crippen LogP contribution in [0.3, 0.4) is 0 Å². The monoisotopic (exact) mass is 340 g/mol. The van der Waals surface area contributed by atoms with Crippen molar-refractivity contribution in [3.05, 3.63) is 72.3 Å². The summed E-state index contributed by atoms with van der Waals surface area (Å²) < 4.78 is 15.5. The number of aryl methyl sites for hydroxylation is 1. The van der Waals surface area contributed by atoms with Crippen LogP contribution in [0, 0.1) is 22.9 Å². The van der Waals surface area contributed by atoms with E-state index in [9.17, 15) is 19.3 Å². The lowest BCUT2D eigenvalue weighted by Crippen LogP contribution is -2.23. The lowest BCUT2D eigenvalue weighted by atomic mass is 10.2. The van der Waals surface area contributed by atoms with E-state index in [-0.39, 0.29) is 28.9 Å². The third kappa shape index (κ3) is 2.93. The summed E-state index contributed by atoms with van der Waals surface area (Å²) in [7, 11) is 0. The first-order valence-corrected chi connectivity index (χ1v) is 6.47. The van der Waals surface area contributed by atoms with Crippen LogP contribution in [0.25, 0.3) is 0 Å². The van der Waals surface area contributed by atoms with Gasteiger partial charge in [-0.05, 0) is 19.1 Å². The number of aromatic nitrogens is 1. The molecule has 0 aliphatic carbocycles. The van der Waals surface area contributed by atoms with Crippen molar-refractivity contribution in [2.75, 3.05) is 0 Å². The maximum atomic E-state index is 13.7. The Kier molecular flexibility index (Phi) is 3.99. The maximum Gasteiger partial charge on any atom is 0.286 e. The van der Waals surface area contributed by atoms with Crippen LogP contribution in [0.2, 0.25) is 0 Å². The first-order chi connectivity index (χ1) is 9.38. The van der Waals surface area contributed by atoms with Crippen molar-refractivity contribution in [1.82, 2.24) is 4.57 Å². The summed E-state index contributed by atoms with van der Waals surface area (Å²) in [6.45, 7) is 1.43. The van der Waals surface area contributed by atoms with Crippen LogP contribution in [0.1, 0.15) is 11.1 Å². The van der Waals surface area contributed by atoms with E-state index < -0.39 is 10.7 Å². The average Bonchev–Trinajstić information content (AvgIpc) is 2.37. The summed E-state index contributed by atoms with van der Waals surface area (Å²) in [5.41, 5.74) is -0.0375. The van der Waals surface area contributed by atoms with Crippen LogP contribution in [-0.4, -0.2) is 9.49 Å². The minimum Gasteiger partial charge on any atom is -0.304 e. The molecule has 0 spiro atoms. The zero-order valence-corrected chi connectivity index (χ0v) is 12.1. The fourth-order valence-corrected chi connectivity index (χ4v) is 2.15. The summed E-state index contributed by atoms with van der Waals surface area (Å²) >= 11 is 3.14. The largest absolute Gasteiger partial charge is 0.304 e. The molecule has 1 aromatic heterocycles. The maximum absolute atomic E-state index is 13.7. The second-order valence-corrected chi connectivity index (χ2v) is 5.22. The van der Waals surface area contributed by atoms with Crippen molar-refractivity contribution in [2.45, 2.75) is 13.5 Å². The Hall–Kier alpha value is -2.02. The predicted molar refractivity (Wildman–Crippen MR) is 75.3 cm³/mol. The van der Waals surface area contributed by atoms with Gasteiger partial charge in [-0.3, -0.25) is 14.9 Å². The van der Waals surface area contributed by atoms with E-state index in [2.05, 4.69) is 15.9 Å². The van der Waals surface area contributed by atoms with E-state index >= 15 is 0 Å². The fourth-order valence-electron chi connectivity index (χ4n) is 1.82. The molecule has 0 bridgehead atoms. The Morgan fingerprint density at radius 1 is 1.40 bits per heavy atom. The van der Waals surface area contributed by atoms with Crippen LogP contribution < -0.4 is 5.56 Å². The summed E-state index contributed by atoms with van der Waals surface area (Å²) in [5, 5.41) is 10.8. The molecule has 2 aromatic rings. The molecule has 0 atom stereocenters. The first kappa shape index (κ1) is 14.4. The lowest BCUT2D eigenvalue weighted by molar-refractivity contribution is -0.385. The van der Waals surface area contributed by atoms with Gasteiger partial charge in [0.15, 0.2) is 0 Å². The zero-order valence-electron chi connectivity index (χ0n) is 10.5. The van der Waals surface area contributed by atoms with E-state index in [1.807, 2.05) is 0 Å². The second kappa shape index (κ2) is 5.54. The van der Waals surface area contributed by atoms with Gasteiger partial charge in [0.25, 0.3) is 11.2 Å². The minimum absolute atomic E-state index is 0.0551. The molecule has 0 saturated carbocycles. The molecular weight excluding hydrogens is 331 g/mol. The molecule has 0 aliphatic rings. The van der Waals surface area contributed by atoms with Crippen molar-refractivity contribution < 1.29 is 9.31 Å². The van der Waals surface area contributed by atoms with Gasteiger partial charge in [0.1, 0.15) is 5.82 Å². The van der Waals surface area contributed by atoms with E-state index in [0.717, 1.165) is 10.8 Å². The van der Waals surface area contributed by atoms with Gasteiger partial charge >= 0.3 is 0 Å². The molecule has 0 fully saturated rings. The van der Waals surface area contributed by atoms with Crippen molar-refractivity contribution in [2.24, 2.45) is 0 Å². The van der Waals surface area contributed by atoms with Gasteiger partial charge in [-0.25, -0.2) is 4.39 Å². The Morgan fingerprint density at radius 3 is 2.70 bits per heavy atom. The van der Waals surface area contributed by atoms with Crippen LogP contribution >= 0.6 is 15.9 Å². The highest BCUT2D eigenvalue weighted by atomic mass is 79.9. The number of halogens is 2. The third-order valence-electron chi connectivity index (χ3n) is 2.82. The average molecular weight is 341 g/mol. The number of rotatable bonds is 3. The van der Waals surface area contributed by atoms with Crippen LogP contribution in [0.15, 0.2) is 39.7 Å². The molecule has 0 amide bonds. The molecule has 0 unspecified atom stereocenters. The number of hydrogen-bond donors (Lipinski definition) is 0. The smallest absolute Gasteiger partial charge is 0.286 e. The van der Waals surface area contributed by atoms with Gasteiger partial charge in [0.05, 0.1) is 17.7 Å². The van der Waals surface area contributed by atoms with Gasteiger partial charge in [-0.1, -0.05) is 22.0 Å². The molecule has 1 aromatic carbocycles. The lowest BCUT2D eigenvalue weighted by Gasteiger charge is -2.08. The van der Waals surface area contributed by atoms with Crippen molar-refractivity contribution >= 4 is 21.6 Å². The molecule has 104 valence electrons. The number of hydrogen-bond acceptors (Lipinski definition) is 3. The van der Waals surface area contributed by atoms with Gasteiger partial charge in [0.2, 0.25) is 0 Å². The van der Waals surface area contributed by atoms with Gasteiger partial charge in [-0.2, -0.15) is 0 Å². The Balaban J connectivity index is 2.47. The molecule has 0 saturated heterocycles. The molecule has 0 radical (unpaired) electrons. The summed E-state index contributed by atoms with van der Waals surface area (Å²) in [6.07, 6.45) is 1.12. The highest BCUT2D eigenvalue weighted by molar-refractivity contribution is 9.10. The topological polar surface area (TPSA) is 65.1 Å². The SMILES string of the molecule is Cc1cc([N+](=O)[O-])cn(Cc2ccc(Br)cc2F)c1=O. The number of nitro groups is 1. The summed E-state index contributed by atoms with van der Waals surface area (Å²) in [4.78, 5) is 22.1. The highest BCUT2D eigenvalue weighted by Crippen LogP contribution is 2.17. The van der Waals surface area contributed by atoms with E-state index in [4.69, 9.17) is 0 Å². The minimum atomic E-state index is -0.582. The van der Waals surface area contributed by atoms with Crippen molar-refractivity contribution in [3.8, 4) is 0 Å². The number of nitrogens with zero attached hydrogens (tertiary/aromatic N) is 2. The quantitative estimate of drug-likeness (QED) is 0.637. The van der Waals surface area contributed by atoms with E-state index in [1.165, 1.54) is 25.1 Å². The molecule has 2 rings (SSSR count). The third-order valence-corrected chi connectivity index (χ3v) is 3.31. The van der Waals surface area contributed by atoms with Crippen LogP contribution in [-0.2, 0) is 6.54 Å². The van der Waals surface area contributed by atoms with Crippen molar-refractivity contribution in [1.29, 1.82) is 0 Å². The summed E-state index contributed by atoms with van der Waals surface area (Å²) in [5.74, 6) is -0.476. The highest BCUT2D eigenvalue weighted by Gasteiger charge is 2.13. The molecule has 7 heteroatoms.